The lowest BCUT2D eigenvalue weighted by atomic mass is 9.94. The van der Waals surface area contributed by atoms with Gasteiger partial charge in [-0.3, -0.25) is 25.0 Å². The van der Waals surface area contributed by atoms with Crippen molar-refractivity contribution in [2.45, 2.75) is 6.92 Å². The van der Waals surface area contributed by atoms with Crippen molar-refractivity contribution in [3.05, 3.63) is 90.0 Å². The van der Waals surface area contributed by atoms with Crippen LogP contribution in [0, 0.1) is 0 Å². The molecule has 0 saturated carbocycles. The Balaban J connectivity index is 1.95. The number of hydrogen-bond acceptors (Lipinski definition) is 2. The summed E-state index contributed by atoms with van der Waals surface area (Å²) in [5.74, 6) is -0.0762. The van der Waals surface area contributed by atoms with Crippen molar-refractivity contribution in [3.63, 3.8) is 0 Å². The van der Waals surface area contributed by atoms with E-state index in [0.29, 0.717) is 23.4 Å². The topological polar surface area (TPSA) is 89.4 Å². The molecule has 0 unspecified atom stereocenters. The summed E-state index contributed by atoms with van der Waals surface area (Å²) in [5, 5.41) is 0. The van der Waals surface area contributed by atoms with Gasteiger partial charge >= 0.3 is 7.59 Å². The van der Waals surface area contributed by atoms with Gasteiger partial charge in [-0.25, -0.2) is 0 Å². The van der Waals surface area contributed by atoms with Gasteiger partial charge in [0, 0.05) is 23.4 Å². The first-order valence-electron chi connectivity index (χ1n) is 8.66. The van der Waals surface area contributed by atoms with Crippen molar-refractivity contribution < 1.29 is 9.36 Å². The average Bonchev–Trinajstić information content (AvgIpc) is 2.68. The lowest BCUT2D eigenvalue weighted by molar-refractivity contribution is 0.103. The fourth-order valence-electron chi connectivity index (χ4n) is 3.08. The van der Waals surface area contributed by atoms with Gasteiger partial charge in [0.15, 0.2) is 5.78 Å². The maximum Gasteiger partial charge on any atom is 0.300 e. The highest BCUT2D eigenvalue weighted by atomic mass is 31.2. The molecular weight excluding hydrogens is 357 g/mol. The van der Waals surface area contributed by atoms with Crippen LogP contribution in [0.4, 0.5) is 5.69 Å². The molecular formula is C21H22N3O2P. The van der Waals surface area contributed by atoms with Crippen molar-refractivity contribution in [1.29, 1.82) is 0 Å². The second-order valence-corrected chi connectivity index (χ2v) is 8.00. The summed E-state index contributed by atoms with van der Waals surface area (Å²) in [6, 6.07) is 24.2. The van der Waals surface area contributed by atoms with Crippen molar-refractivity contribution >= 4 is 19.1 Å². The monoisotopic (exact) mass is 379 g/mol. The Bertz CT molecular complexity index is 982. The molecule has 0 aliphatic heterocycles. The number of carbonyl (C=O) groups is 1. The Morgan fingerprint density at radius 2 is 1.48 bits per heavy atom. The summed E-state index contributed by atoms with van der Waals surface area (Å²) in [4.78, 5) is 13.1. The van der Waals surface area contributed by atoms with Gasteiger partial charge in [-0.05, 0) is 42.3 Å². The third kappa shape index (κ3) is 4.17. The molecule has 138 valence electrons. The van der Waals surface area contributed by atoms with Crippen LogP contribution in [0.1, 0.15) is 22.8 Å². The van der Waals surface area contributed by atoms with Gasteiger partial charge in [0.05, 0.1) is 0 Å². The Kier molecular flexibility index (Phi) is 5.57. The Morgan fingerprint density at radius 3 is 2.07 bits per heavy atom. The molecule has 5 nitrogen and oxygen atoms in total. The van der Waals surface area contributed by atoms with Crippen LogP contribution in [0.2, 0.25) is 0 Å². The molecule has 0 amide bonds. The number of carbonyl (C=O) groups excluding carboxylic acids is 1. The van der Waals surface area contributed by atoms with Crippen molar-refractivity contribution in [2.75, 3.05) is 11.2 Å². The summed E-state index contributed by atoms with van der Waals surface area (Å²) in [7, 11) is -3.39. The minimum atomic E-state index is -3.39. The largest absolute Gasteiger partial charge is 0.300 e. The van der Waals surface area contributed by atoms with E-state index in [0.717, 1.165) is 11.1 Å². The average molecular weight is 379 g/mol. The SMILES string of the molecule is CCN(c1ccc(C(=O)c2ccccc2-c2ccccc2)cc1)P(N)(N)=O. The van der Waals surface area contributed by atoms with Crippen LogP contribution in [0.25, 0.3) is 11.1 Å². The molecule has 0 bridgehead atoms. The predicted molar refractivity (Wildman–Crippen MR) is 111 cm³/mol. The minimum Gasteiger partial charge on any atom is -0.300 e. The predicted octanol–water partition coefficient (Wildman–Crippen LogP) is 4.44. The third-order valence-corrected chi connectivity index (χ3v) is 5.63. The second-order valence-electron chi connectivity index (χ2n) is 6.18. The highest BCUT2D eigenvalue weighted by Crippen LogP contribution is 2.37. The Morgan fingerprint density at radius 1 is 0.889 bits per heavy atom. The van der Waals surface area contributed by atoms with Crippen molar-refractivity contribution in [2.24, 2.45) is 11.0 Å². The van der Waals surface area contributed by atoms with E-state index >= 15 is 0 Å². The Hall–Kier alpha value is -2.72. The number of nitrogens with two attached hydrogens (primary N) is 2. The van der Waals surface area contributed by atoms with E-state index in [2.05, 4.69) is 0 Å². The first kappa shape index (κ1) is 19.1. The maximum atomic E-state index is 13.1. The van der Waals surface area contributed by atoms with Gasteiger partial charge in [0.1, 0.15) is 0 Å². The third-order valence-electron chi connectivity index (χ3n) is 4.36. The lowest BCUT2D eigenvalue weighted by Gasteiger charge is -2.26. The zero-order valence-corrected chi connectivity index (χ0v) is 16.0. The lowest BCUT2D eigenvalue weighted by Crippen LogP contribution is -2.28. The van der Waals surface area contributed by atoms with E-state index in [4.69, 9.17) is 11.0 Å². The summed E-state index contributed by atoms with van der Waals surface area (Å²) < 4.78 is 13.4. The molecule has 0 aliphatic carbocycles. The normalized spacial score (nSPS) is 11.2. The standard InChI is InChI=1S/C21H22N3O2P/c1-2-24(27(22,23)26)18-14-12-17(13-15-18)21(25)20-11-7-6-10-19(20)16-8-4-3-5-9-16/h3-15H,2H2,1H3,(H4,22,23,26). The van der Waals surface area contributed by atoms with E-state index in [1.54, 1.807) is 24.3 Å². The van der Waals surface area contributed by atoms with Gasteiger partial charge in [0.25, 0.3) is 0 Å². The maximum absolute atomic E-state index is 13.1. The molecule has 3 rings (SSSR count). The minimum absolute atomic E-state index is 0.0762. The molecule has 27 heavy (non-hydrogen) atoms. The fraction of sp³-hybridized carbons (Fsp3) is 0.0952. The first-order valence-corrected chi connectivity index (χ1v) is 10.5. The molecule has 0 saturated heterocycles. The second kappa shape index (κ2) is 7.89. The van der Waals surface area contributed by atoms with Crippen LogP contribution < -0.4 is 15.7 Å². The Labute approximate surface area is 159 Å². The molecule has 6 heteroatoms. The summed E-state index contributed by atoms with van der Waals surface area (Å²) in [6.07, 6.45) is 0. The van der Waals surface area contributed by atoms with E-state index in [1.165, 1.54) is 4.67 Å². The summed E-state index contributed by atoms with van der Waals surface area (Å²) in [6.45, 7) is 2.23. The molecule has 0 aliphatic rings. The highest BCUT2D eigenvalue weighted by molar-refractivity contribution is 7.60. The zero-order chi connectivity index (χ0) is 19.4. The van der Waals surface area contributed by atoms with E-state index < -0.39 is 7.59 Å². The van der Waals surface area contributed by atoms with Crippen LogP contribution in [0.3, 0.4) is 0 Å². The van der Waals surface area contributed by atoms with Gasteiger partial charge < -0.3 is 0 Å². The number of anilines is 1. The van der Waals surface area contributed by atoms with Crippen LogP contribution in [0.5, 0.6) is 0 Å². The summed E-state index contributed by atoms with van der Waals surface area (Å²) >= 11 is 0. The highest BCUT2D eigenvalue weighted by Gasteiger charge is 2.20. The smallest absolute Gasteiger partial charge is 0.300 e. The number of benzene rings is 3. The molecule has 0 aromatic heterocycles. The molecule has 0 atom stereocenters. The van der Waals surface area contributed by atoms with Crippen molar-refractivity contribution in [1.82, 2.24) is 0 Å². The number of rotatable bonds is 6. The molecule has 0 spiro atoms. The summed E-state index contributed by atoms with van der Waals surface area (Å²) in [5.41, 5.74) is 14.8. The van der Waals surface area contributed by atoms with E-state index in [-0.39, 0.29) is 5.78 Å². The van der Waals surface area contributed by atoms with Gasteiger partial charge in [0.2, 0.25) is 0 Å². The van der Waals surface area contributed by atoms with Crippen LogP contribution in [0.15, 0.2) is 78.9 Å². The molecule has 3 aromatic carbocycles. The molecule has 0 fully saturated rings. The molecule has 0 heterocycles. The first-order chi connectivity index (χ1) is 12.9. The van der Waals surface area contributed by atoms with Gasteiger partial charge in [-0.2, -0.15) is 0 Å². The van der Waals surface area contributed by atoms with Crippen LogP contribution in [-0.2, 0) is 4.57 Å². The number of ketones is 1. The van der Waals surface area contributed by atoms with E-state index in [9.17, 15) is 9.36 Å². The number of hydrogen-bond donors (Lipinski definition) is 2. The molecule has 3 aromatic rings. The zero-order valence-electron chi connectivity index (χ0n) is 15.1. The van der Waals surface area contributed by atoms with Crippen molar-refractivity contribution in [3.8, 4) is 11.1 Å². The van der Waals surface area contributed by atoms with Crippen LogP contribution >= 0.6 is 7.59 Å². The quantitative estimate of drug-likeness (QED) is 0.488. The van der Waals surface area contributed by atoms with Gasteiger partial charge in [-0.1, -0.05) is 54.6 Å². The molecule has 0 radical (unpaired) electrons. The van der Waals surface area contributed by atoms with Gasteiger partial charge in [-0.15, -0.1) is 0 Å². The fourth-order valence-corrected chi connectivity index (χ4v) is 4.01. The van der Waals surface area contributed by atoms with Crippen LogP contribution in [-0.4, -0.2) is 12.3 Å². The van der Waals surface area contributed by atoms with E-state index in [1.807, 2.05) is 61.5 Å². The molecule has 4 N–H and O–H groups in total. The number of nitrogens with zero attached hydrogens (tertiary/aromatic N) is 1.